The van der Waals surface area contributed by atoms with Crippen LogP contribution in [0.3, 0.4) is 0 Å². The molecule has 0 saturated heterocycles. The predicted molar refractivity (Wildman–Crippen MR) is 151 cm³/mol. The number of nitrogens with one attached hydrogen (secondary N) is 1. The first kappa shape index (κ1) is 30.1. The first-order valence-electron chi connectivity index (χ1n) is 12.6. The molecule has 1 atom stereocenters. The minimum atomic E-state index is -4.20. The van der Waals surface area contributed by atoms with Crippen LogP contribution in [0.25, 0.3) is 0 Å². The van der Waals surface area contributed by atoms with Gasteiger partial charge in [-0.3, -0.25) is 13.9 Å². The number of amides is 2. The Morgan fingerprint density at radius 2 is 1.62 bits per heavy atom. The lowest BCUT2D eigenvalue weighted by molar-refractivity contribution is -0.140. The first-order valence-corrected chi connectivity index (χ1v) is 14.4. The molecular formula is C29H33ClFN3O4S. The van der Waals surface area contributed by atoms with E-state index in [1.54, 1.807) is 50.2 Å². The molecule has 0 spiro atoms. The van der Waals surface area contributed by atoms with Crippen molar-refractivity contribution in [3.63, 3.8) is 0 Å². The molecule has 0 saturated carbocycles. The molecule has 0 radical (unpaired) electrons. The summed E-state index contributed by atoms with van der Waals surface area (Å²) < 4.78 is 42.3. The predicted octanol–water partition coefficient (Wildman–Crippen LogP) is 5.31. The number of hydrogen-bond acceptors (Lipinski definition) is 4. The van der Waals surface area contributed by atoms with Crippen LogP contribution in [-0.4, -0.2) is 43.8 Å². The van der Waals surface area contributed by atoms with Gasteiger partial charge in [0, 0.05) is 17.6 Å². The van der Waals surface area contributed by atoms with Crippen molar-refractivity contribution in [2.75, 3.05) is 10.8 Å². The molecule has 1 N–H and O–H groups in total. The van der Waals surface area contributed by atoms with Crippen molar-refractivity contribution in [2.24, 2.45) is 0 Å². The van der Waals surface area contributed by atoms with E-state index in [0.29, 0.717) is 16.1 Å². The summed E-state index contributed by atoms with van der Waals surface area (Å²) >= 11 is 6.34. The van der Waals surface area contributed by atoms with Gasteiger partial charge in [-0.25, -0.2) is 12.8 Å². The van der Waals surface area contributed by atoms with Crippen molar-refractivity contribution in [1.29, 1.82) is 0 Å². The minimum Gasteiger partial charge on any atom is -0.352 e. The summed E-state index contributed by atoms with van der Waals surface area (Å²) in [4.78, 5) is 28.5. The Balaban J connectivity index is 2.09. The van der Waals surface area contributed by atoms with Gasteiger partial charge in [0.1, 0.15) is 18.4 Å². The van der Waals surface area contributed by atoms with Gasteiger partial charge in [-0.05, 0) is 74.7 Å². The summed E-state index contributed by atoms with van der Waals surface area (Å²) in [6.45, 7) is 6.48. The van der Waals surface area contributed by atoms with Crippen molar-refractivity contribution >= 4 is 39.1 Å². The summed E-state index contributed by atoms with van der Waals surface area (Å²) in [7, 11) is -4.20. The number of benzene rings is 3. The SMILES string of the molecule is CCC(C(=O)NC(C)C)N(Cc1ccc(F)cc1)C(=O)CN(c1cccc(Cl)c1C)S(=O)(=O)c1ccccc1. The molecular weight excluding hydrogens is 541 g/mol. The fourth-order valence-corrected chi connectivity index (χ4v) is 5.85. The smallest absolute Gasteiger partial charge is 0.264 e. The van der Waals surface area contributed by atoms with Crippen molar-refractivity contribution < 1.29 is 22.4 Å². The first-order chi connectivity index (χ1) is 18.4. The van der Waals surface area contributed by atoms with Crippen LogP contribution in [0.1, 0.15) is 38.3 Å². The lowest BCUT2D eigenvalue weighted by Gasteiger charge is -2.34. The second-order valence-electron chi connectivity index (χ2n) is 9.44. The number of carbonyl (C=O) groups excluding carboxylic acids is 2. The Kier molecular flexibility index (Phi) is 10.1. The Bertz CT molecular complexity index is 1400. The monoisotopic (exact) mass is 573 g/mol. The van der Waals surface area contributed by atoms with Gasteiger partial charge in [0.2, 0.25) is 11.8 Å². The highest BCUT2D eigenvalue weighted by atomic mass is 35.5. The maximum Gasteiger partial charge on any atom is 0.264 e. The van der Waals surface area contributed by atoms with Crippen LogP contribution in [0.15, 0.2) is 77.7 Å². The Morgan fingerprint density at radius 3 is 2.21 bits per heavy atom. The third kappa shape index (κ3) is 7.36. The molecule has 10 heteroatoms. The van der Waals surface area contributed by atoms with Crippen molar-refractivity contribution in [3.05, 3.63) is 94.8 Å². The highest BCUT2D eigenvalue weighted by Crippen LogP contribution is 2.31. The molecule has 3 rings (SSSR count). The maximum atomic E-state index is 14.0. The molecule has 0 aliphatic heterocycles. The zero-order chi connectivity index (χ0) is 28.7. The van der Waals surface area contributed by atoms with Crippen LogP contribution in [0, 0.1) is 12.7 Å². The van der Waals surface area contributed by atoms with E-state index in [-0.39, 0.29) is 35.5 Å². The van der Waals surface area contributed by atoms with E-state index in [2.05, 4.69) is 5.32 Å². The number of hydrogen-bond donors (Lipinski definition) is 1. The molecule has 0 heterocycles. The molecule has 0 bridgehead atoms. The zero-order valence-corrected chi connectivity index (χ0v) is 24.0. The molecule has 0 aliphatic rings. The molecule has 3 aromatic rings. The second kappa shape index (κ2) is 13.1. The van der Waals surface area contributed by atoms with Gasteiger partial charge in [0.25, 0.3) is 10.0 Å². The van der Waals surface area contributed by atoms with Crippen LogP contribution < -0.4 is 9.62 Å². The lowest BCUT2D eigenvalue weighted by atomic mass is 10.1. The van der Waals surface area contributed by atoms with Crippen LogP contribution in [0.4, 0.5) is 10.1 Å². The summed E-state index contributed by atoms with van der Waals surface area (Å²) in [5.74, 6) is -1.39. The average Bonchev–Trinajstić information content (AvgIpc) is 2.90. The molecule has 0 fully saturated rings. The minimum absolute atomic E-state index is 0.00634. The normalized spacial score (nSPS) is 12.2. The number of carbonyl (C=O) groups is 2. The number of nitrogens with zero attached hydrogens (tertiary/aromatic N) is 2. The summed E-state index contributed by atoms with van der Waals surface area (Å²) in [6, 6.07) is 17.2. The van der Waals surface area contributed by atoms with Crippen LogP contribution in [0.5, 0.6) is 0 Å². The Hall–Kier alpha value is -3.43. The number of rotatable bonds is 11. The number of sulfonamides is 1. The third-order valence-corrected chi connectivity index (χ3v) is 8.38. The molecule has 1 unspecified atom stereocenters. The van der Waals surface area contributed by atoms with E-state index in [1.807, 2.05) is 13.8 Å². The quantitative estimate of drug-likeness (QED) is 0.337. The molecule has 2 amide bonds. The van der Waals surface area contributed by atoms with Gasteiger partial charge in [-0.1, -0.05) is 54.9 Å². The van der Waals surface area contributed by atoms with Crippen molar-refractivity contribution in [2.45, 2.75) is 57.6 Å². The highest BCUT2D eigenvalue weighted by molar-refractivity contribution is 7.92. The van der Waals surface area contributed by atoms with Crippen molar-refractivity contribution in [3.8, 4) is 0 Å². The van der Waals surface area contributed by atoms with E-state index < -0.39 is 34.3 Å². The van der Waals surface area contributed by atoms with Gasteiger partial charge < -0.3 is 10.2 Å². The third-order valence-electron chi connectivity index (χ3n) is 6.20. The number of halogens is 2. The standard InChI is InChI=1S/C29H33ClFN3O4S/c1-5-26(29(36)32-20(2)3)33(18-22-14-16-23(31)17-15-22)28(35)19-34(27-13-9-12-25(30)21(27)4)39(37,38)24-10-7-6-8-11-24/h6-17,20,26H,5,18-19H2,1-4H3,(H,32,36). The van der Waals surface area contributed by atoms with Gasteiger partial charge in [0.05, 0.1) is 10.6 Å². The van der Waals surface area contributed by atoms with E-state index >= 15 is 0 Å². The second-order valence-corrected chi connectivity index (χ2v) is 11.7. The van der Waals surface area contributed by atoms with Gasteiger partial charge in [0.15, 0.2) is 0 Å². The van der Waals surface area contributed by atoms with E-state index in [9.17, 15) is 22.4 Å². The molecule has 7 nitrogen and oxygen atoms in total. The molecule has 39 heavy (non-hydrogen) atoms. The summed E-state index contributed by atoms with van der Waals surface area (Å²) in [6.07, 6.45) is 0.285. The van der Waals surface area contributed by atoms with Gasteiger partial charge >= 0.3 is 0 Å². The van der Waals surface area contributed by atoms with Crippen LogP contribution >= 0.6 is 11.6 Å². The molecule has 0 aromatic heterocycles. The summed E-state index contributed by atoms with van der Waals surface area (Å²) in [5, 5.41) is 3.19. The van der Waals surface area contributed by atoms with Gasteiger partial charge in [-0.2, -0.15) is 0 Å². The van der Waals surface area contributed by atoms with Crippen LogP contribution in [-0.2, 0) is 26.2 Å². The molecule has 0 aliphatic carbocycles. The van der Waals surface area contributed by atoms with Crippen molar-refractivity contribution in [1.82, 2.24) is 10.2 Å². The Morgan fingerprint density at radius 1 is 0.974 bits per heavy atom. The van der Waals surface area contributed by atoms with Gasteiger partial charge in [-0.15, -0.1) is 0 Å². The van der Waals surface area contributed by atoms with Crippen LogP contribution in [0.2, 0.25) is 5.02 Å². The summed E-state index contributed by atoms with van der Waals surface area (Å²) in [5.41, 5.74) is 1.33. The van der Waals surface area contributed by atoms with E-state index in [4.69, 9.17) is 11.6 Å². The lowest BCUT2D eigenvalue weighted by Crippen LogP contribution is -2.53. The Labute approximate surface area is 234 Å². The number of anilines is 1. The molecule has 208 valence electrons. The highest BCUT2D eigenvalue weighted by Gasteiger charge is 2.34. The molecule has 3 aromatic carbocycles. The van der Waals surface area contributed by atoms with E-state index in [0.717, 1.165) is 4.31 Å². The fourth-order valence-electron chi connectivity index (χ4n) is 4.19. The maximum absolute atomic E-state index is 14.0. The zero-order valence-electron chi connectivity index (χ0n) is 22.4. The average molecular weight is 574 g/mol. The topological polar surface area (TPSA) is 86.8 Å². The largest absolute Gasteiger partial charge is 0.352 e. The fraction of sp³-hybridized carbons (Fsp3) is 0.310. The van der Waals surface area contributed by atoms with E-state index in [1.165, 1.54) is 41.3 Å².